The molecule has 1 aliphatic carbocycles. The van der Waals surface area contributed by atoms with Crippen molar-refractivity contribution in [3.8, 4) is 12.3 Å². The molecule has 0 aromatic heterocycles. The van der Waals surface area contributed by atoms with Gasteiger partial charge in [0.25, 0.3) is 0 Å². The van der Waals surface area contributed by atoms with E-state index >= 15 is 0 Å². The molecule has 1 N–H and O–H groups in total. The molecular formula is C12H18O. The summed E-state index contributed by atoms with van der Waals surface area (Å²) in [5.74, 6) is 2.64. The van der Waals surface area contributed by atoms with Crippen molar-refractivity contribution in [3.63, 3.8) is 0 Å². The first kappa shape index (κ1) is 10.3. The number of aliphatic hydroxyl groups is 1. The van der Waals surface area contributed by atoms with Crippen molar-refractivity contribution < 1.29 is 5.11 Å². The highest BCUT2D eigenvalue weighted by Crippen LogP contribution is 2.35. The normalized spacial score (nSPS) is 34.7. The highest BCUT2D eigenvalue weighted by atomic mass is 16.3. The molecular weight excluding hydrogens is 160 g/mol. The molecule has 0 spiro atoms. The molecule has 0 aromatic rings. The SMILES string of the molecule is C#CC1(O)CCCCCC1C(=C)C. The first-order valence-electron chi connectivity index (χ1n) is 4.95. The molecule has 0 aromatic carbocycles. The lowest BCUT2D eigenvalue weighted by molar-refractivity contribution is 0.0470. The summed E-state index contributed by atoms with van der Waals surface area (Å²) in [6.07, 6.45) is 10.5. The molecule has 1 heteroatoms. The summed E-state index contributed by atoms with van der Waals surface area (Å²) in [4.78, 5) is 0. The first-order valence-corrected chi connectivity index (χ1v) is 4.95. The van der Waals surface area contributed by atoms with Gasteiger partial charge < -0.3 is 5.11 Å². The fourth-order valence-electron chi connectivity index (χ4n) is 2.16. The zero-order valence-corrected chi connectivity index (χ0v) is 8.34. The second-order valence-electron chi connectivity index (χ2n) is 4.07. The van der Waals surface area contributed by atoms with Crippen molar-refractivity contribution in [1.82, 2.24) is 0 Å². The number of terminal acetylenes is 1. The van der Waals surface area contributed by atoms with Gasteiger partial charge in [-0.3, -0.25) is 0 Å². The van der Waals surface area contributed by atoms with Gasteiger partial charge in [0, 0.05) is 5.92 Å². The van der Waals surface area contributed by atoms with E-state index in [9.17, 15) is 5.11 Å². The zero-order valence-electron chi connectivity index (χ0n) is 8.34. The second-order valence-corrected chi connectivity index (χ2v) is 4.07. The van der Waals surface area contributed by atoms with Gasteiger partial charge in [0.15, 0.2) is 0 Å². The van der Waals surface area contributed by atoms with Crippen molar-refractivity contribution in [2.45, 2.75) is 44.6 Å². The Labute approximate surface area is 80.9 Å². The molecule has 0 heterocycles. The summed E-state index contributed by atoms with van der Waals surface area (Å²) in [5.41, 5.74) is 0.0878. The third-order valence-electron chi connectivity index (χ3n) is 2.97. The maximum absolute atomic E-state index is 10.2. The zero-order chi connectivity index (χ0) is 9.90. The maximum Gasteiger partial charge on any atom is 0.131 e. The van der Waals surface area contributed by atoms with Crippen LogP contribution in [0.4, 0.5) is 0 Å². The second kappa shape index (κ2) is 3.98. The maximum atomic E-state index is 10.2. The van der Waals surface area contributed by atoms with Gasteiger partial charge in [-0.25, -0.2) is 0 Å². The van der Waals surface area contributed by atoms with Crippen molar-refractivity contribution in [3.05, 3.63) is 12.2 Å². The van der Waals surface area contributed by atoms with Gasteiger partial charge >= 0.3 is 0 Å². The van der Waals surface area contributed by atoms with Crippen LogP contribution in [0.2, 0.25) is 0 Å². The van der Waals surface area contributed by atoms with Crippen molar-refractivity contribution >= 4 is 0 Å². The molecule has 1 saturated carbocycles. The van der Waals surface area contributed by atoms with E-state index in [4.69, 9.17) is 6.42 Å². The Balaban J connectivity index is 2.86. The fraction of sp³-hybridized carbons (Fsp3) is 0.667. The molecule has 0 amide bonds. The van der Waals surface area contributed by atoms with Crippen LogP contribution in [0.3, 0.4) is 0 Å². The number of rotatable bonds is 1. The largest absolute Gasteiger partial charge is 0.377 e. The van der Waals surface area contributed by atoms with Gasteiger partial charge in [0.05, 0.1) is 0 Å². The average molecular weight is 178 g/mol. The predicted molar refractivity (Wildman–Crippen MR) is 55.2 cm³/mol. The first-order chi connectivity index (χ1) is 6.10. The predicted octanol–water partition coefficient (Wildman–Crippen LogP) is 2.51. The Morgan fingerprint density at radius 3 is 2.77 bits per heavy atom. The van der Waals surface area contributed by atoms with Gasteiger partial charge in [0.1, 0.15) is 5.60 Å². The average Bonchev–Trinajstić information content (AvgIpc) is 2.27. The third-order valence-corrected chi connectivity index (χ3v) is 2.97. The van der Waals surface area contributed by atoms with Gasteiger partial charge in [-0.2, -0.15) is 0 Å². The van der Waals surface area contributed by atoms with E-state index in [0.717, 1.165) is 31.3 Å². The van der Waals surface area contributed by atoms with E-state index in [2.05, 4.69) is 12.5 Å². The Kier molecular flexibility index (Phi) is 3.17. The van der Waals surface area contributed by atoms with Crippen molar-refractivity contribution in [2.75, 3.05) is 0 Å². The topological polar surface area (TPSA) is 20.2 Å². The third kappa shape index (κ3) is 2.14. The van der Waals surface area contributed by atoms with Crippen LogP contribution in [0.5, 0.6) is 0 Å². The van der Waals surface area contributed by atoms with Crippen molar-refractivity contribution in [2.24, 2.45) is 5.92 Å². The van der Waals surface area contributed by atoms with Crippen LogP contribution in [-0.4, -0.2) is 10.7 Å². The molecule has 1 fully saturated rings. The van der Waals surface area contributed by atoms with Crippen LogP contribution in [-0.2, 0) is 0 Å². The summed E-state index contributed by atoms with van der Waals surface area (Å²) >= 11 is 0. The highest BCUT2D eigenvalue weighted by Gasteiger charge is 2.35. The lowest BCUT2D eigenvalue weighted by atomic mass is 9.80. The number of hydrogen-bond acceptors (Lipinski definition) is 1. The molecule has 1 rings (SSSR count). The molecule has 1 aliphatic rings. The minimum absolute atomic E-state index is 0.0972. The Bertz CT molecular complexity index is 236. The van der Waals surface area contributed by atoms with Crippen LogP contribution in [0.25, 0.3) is 0 Å². The Hall–Kier alpha value is -0.740. The molecule has 0 radical (unpaired) electrons. The van der Waals surface area contributed by atoms with Gasteiger partial charge in [-0.05, 0) is 26.2 Å². The Morgan fingerprint density at radius 2 is 2.23 bits per heavy atom. The fourth-order valence-corrected chi connectivity index (χ4v) is 2.16. The van der Waals surface area contributed by atoms with Gasteiger partial charge in [-0.15, -0.1) is 6.42 Å². The monoisotopic (exact) mass is 178 g/mol. The molecule has 0 aliphatic heterocycles. The lowest BCUT2D eigenvalue weighted by Gasteiger charge is -2.30. The van der Waals surface area contributed by atoms with Gasteiger partial charge in [-0.1, -0.05) is 30.9 Å². The minimum Gasteiger partial charge on any atom is -0.377 e. The summed E-state index contributed by atoms with van der Waals surface area (Å²) in [6.45, 7) is 5.86. The van der Waals surface area contributed by atoms with Crippen LogP contribution in [0.15, 0.2) is 12.2 Å². The quantitative estimate of drug-likeness (QED) is 0.371. The molecule has 1 nitrogen and oxygen atoms in total. The van der Waals surface area contributed by atoms with Crippen molar-refractivity contribution in [1.29, 1.82) is 0 Å². The molecule has 72 valence electrons. The molecule has 0 bridgehead atoms. The standard InChI is InChI=1S/C12H18O/c1-4-12(13)9-7-5-6-8-11(12)10(2)3/h1,11,13H,2,5-9H2,3H3. The van der Waals surface area contributed by atoms with E-state index in [0.29, 0.717) is 0 Å². The van der Waals surface area contributed by atoms with Crippen LogP contribution in [0, 0.1) is 18.3 Å². The van der Waals surface area contributed by atoms with Gasteiger partial charge in [0.2, 0.25) is 0 Å². The molecule has 2 unspecified atom stereocenters. The molecule has 2 atom stereocenters. The lowest BCUT2D eigenvalue weighted by Crippen LogP contribution is -2.35. The number of hydrogen-bond donors (Lipinski definition) is 1. The van der Waals surface area contributed by atoms with Crippen LogP contribution < -0.4 is 0 Å². The summed E-state index contributed by atoms with van der Waals surface area (Å²) in [6, 6.07) is 0. The van der Waals surface area contributed by atoms with E-state index in [1.54, 1.807) is 0 Å². The molecule has 13 heavy (non-hydrogen) atoms. The van der Waals surface area contributed by atoms with E-state index < -0.39 is 5.60 Å². The van der Waals surface area contributed by atoms with E-state index in [1.807, 2.05) is 6.92 Å². The minimum atomic E-state index is -0.928. The highest BCUT2D eigenvalue weighted by molar-refractivity contribution is 5.18. The van der Waals surface area contributed by atoms with E-state index in [1.165, 1.54) is 6.42 Å². The molecule has 0 saturated heterocycles. The summed E-state index contributed by atoms with van der Waals surface area (Å²) < 4.78 is 0. The van der Waals surface area contributed by atoms with Crippen LogP contribution in [0.1, 0.15) is 39.0 Å². The summed E-state index contributed by atoms with van der Waals surface area (Å²) in [7, 11) is 0. The van der Waals surface area contributed by atoms with E-state index in [-0.39, 0.29) is 5.92 Å². The van der Waals surface area contributed by atoms with Crippen LogP contribution >= 0.6 is 0 Å². The summed E-state index contributed by atoms with van der Waals surface area (Å²) in [5, 5.41) is 10.2. The Morgan fingerprint density at radius 1 is 1.54 bits per heavy atom. The smallest absolute Gasteiger partial charge is 0.131 e.